The molecule has 108 valence electrons. The summed E-state index contributed by atoms with van der Waals surface area (Å²) >= 11 is 5.40. The SMILES string of the molecule is C=O.CC.CN(C)c1ccccc1CNC(=O)CCl. The van der Waals surface area contributed by atoms with Gasteiger partial charge in [0.25, 0.3) is 0 Å². The van der Waals surface area contributed by atoms with Crippen molar-refractivity contribution in [3.05, 3.63) is 29.8 Å². The normalized spacial score (nSPS) is 8.26. The molecule has 0 atom stereocenters. The number of anilines is 1. The highest BCUT2D eigenvalue weighted by atomic mass is 35.5. The first-order valence-electron chi connectivity index (χ1n) is 6.02. The van der Waals surface area contributed by atoms with Crippen LogP contribution in [0.25, 0.3) is 0 Å². The number of benzene rings is 1. The second-order valence-corrected chi connectivity index (χ2v) is 3.70. The van der Waals surface area contributed by atoms with Gasteiger partial charge in [-0.15, -0.1) is 11.6 Å². The smallest absolute Gasteiger partial charge is 0.235 e. The van der Waals surface area contributed by atoms with Crippen LogP contribution in [0.5, 0.6) is 0 Å². The standard InChI is InChI=1S/C11H15ClN2O.C2H6.CH2O/c1-14(2)10-6-4-3-5-9(10)8-13-11(15)7-12;2*1-2/h3-6H,7-8H2,1-2H3,(H,13,15);1-2H3;1H2. The van der Waals surface area contributed by atoms with Crippen LogP contribution >= 0.6 is 11.6 Å². The number of halogens is 1. The predicted octanol–water partition coefficient (Wildman–Crippen LogP) is 2.45. The number of rotatable bonds is 4. The third kappa shape index (κ3) is 8.21. The predicted molar refractivity (Wildman–Crippen MR) is 81.8 cm³/mol. The maximum Gasteiger partial charge on any atom is 0.235 e. The van der Waals surface area contributed by atoms with Crippen LogP contribution in [0.4, 0.5) is 5.69 Å². The van der Waals surface area contributed by atoms with Crippen LogP contribution in [0.1, 0.15) is 19.4 Å². The van der Waals surface area contributed by atoms with Crippen LogP contribution in [-0.2, 0) is 16.1 Å². The van der Waals surface area contributed by atoms with Gasteiger partial charge >= 0.3 is 0 Å². The first-order chi connectivity index (χ1) is 9.15. The number of nitrogens with one attached hydrogen (secondary N) is 1. The molecule has 0 unspecified atom stereocenters. The first kappa shape index (κ1) is 19.8. The molecule has 0 fully saturated rings. The fraction of sp³-hybridized carbons (Fsp3) is 0.429. The van der Waals surface area contributed by atoms with E-state index in [2.05, 4.69) is 5.32 Å². The molecule has 0 aromatic heterocycles. The Hall–Kier alpha value is -1.55. The van der Waals surface area contributed by atoms with Gasteiger partial charge in [0, 0.05) is 26.3 Å². The Bertz CT molecular complexity index is 357. The van der Waals surface area contributed by atoms with Gasteiger partial charge in [0.1, 0.15) is 12.7 Å². The van der Waals surface area contributed by atoms with E-state index in [1.54, 1.807) is 0 Å². The molecule has 0 heterocycles. The molecule has 1 amide bonds. The van der Waals surface area contributed by atoms with Crippen molar-refractivity contribution < 1.29 is 9.59 Å². The lowest BCUT2D eigenvalue weighted by molar-refractivity contribution is -0.118. The van der Waals surface area contributed by atoms with Gasteiger partial charge in [-0.05, 0) is 11.6 Å². The zero-order valence-electron chi connectivity index (χ0n) is 12.1. The quantitative estimate of drug-likeness (QED) is 0.865. The molecule has 0 bridgehead atoms. The minimum absolute atomic E-state index is 0.00410. The molecule has 0 aliphatic carbocycles. The molecule has 1 N–H and O–H groups in total. The van der Waals surface area contributed by atoms with Gasteiger partial charge in [-0.3, -0.25) is 4.79 Å². The summed E-state index contributed by atoms with van der Waals surface area (Å²) in [6.07, 6.45) is 0. The van der Waals surface area contributed by atoms with E-state index >= 15 is 0 Å². The highest BCUT2D eigenvalue weighted by Crippen LogP contribution is 2.17. The number of carbonyl (C=O) groups is 2. The molecule has 4 nitrogen and oxygen atoms in total. The van der Waals surface area contributed by atoms with Gasteiger partial charge in [0.2, 0.25) is 5.91 Å². The van der Waals surface area contributed by atoms with Crippen LogP contribution in [0.2, 0.25) is 0 Å². The number of carbonyl (C=O) groups excluding carboxylic acids is 2. The Labute approximate surface area is 120 Å². The molecule has 0 saturated heterocycles. The van der Waals surface area contributed by atoms with E-state index in [0.29, 0.717) is 6.54 Å². The Balaban J connectivity index is 0. The Morgan fingerprint density at radius 1 is 1.26 bits per heavy atom. The number of para-hydroxylation sites is 1. The Morgan fingerprint density at radius 2 is 1.79 bits per heavy atom. The monoisotopic (exact) mass is 286 g/mol. The molecule has 0 aliphatic heterocycles. The van der Waals surface area contributed by atoms with Crippen molar-refractivity contribution in [2.75, 3.05) is 24.9 Å². The molecule has 19 heavy (non-hydrogen) atoms. The molecule has 0 radical (unpaired) electrons. The van der Waals surface area contributed by atoms with E-state index < -0.39 is 0 Å². The van der Waals surface area contributed by atoms with Gasteiger partial charge in [0.05, 0.1) is 0 Å². The average Bonchev–Trinajstić information content (AvgIpc) is 2.49. The van der Waals surface area contributed by atoms with E-state index in [9.17, 15) is 4.79 Å². The maximum atomic E-state index is 11.0. The Morgan fingerprint density at radius 3 is 2.26 bits per heavy atom. The largest absolute Gasteiger partial charge is 0.377 e. The van der Waals surface area contributed by atoms with Gasteiger partial charge in [-0.25, -0.2) is 0 Å². The minimum Gasteiger partial charge on any atom is -0.377 e. The molecule has 1 aromatic rings. The van der Waals surface area contributed by atoms with Crippen LogP contribution in [0.3, 0.4) is 0 Å². The van der Waals surface area contributed by atoms with Crippen molar-refractivity contribution in [1.29, 1.82) is 0 Å². The number of nitrogens with zero attached hydrogens (tertiary/aromatic N) is 1. The maximum absolute atomic E-state index is 11.0. The lowest BCUT2D eigenvalue weighted by Crippen LogP contribution is -2.25. The summed E-state index contributed by atoms with van der Waals surface area (Å²) < 4.78 is 0. The topological polar surface area (TPSA) is 49.4 Å². The first-order valence-corrected chi connectivity index (χ1v) is 6.55. The molecule has 0 spiro atoms. The lowest BCUT2D eigenvalue weighted by atomic mass is 10.1. The molecule has 1 rings (SSSR count). The van der Waals surface area contributed by atoms with Crippen molar-refractivity contribution in [2.45, 2.75) is 20.4 Å². The summed E-state index contributed by atoms with van der Waals surface area (Å²) in [5.74, 6) is -0.144. The van der Waals surface area contributed by atoms with Crippen LogP contribution < -0.4 is 10.2 Å². The van der Waals surface area contributed by atoms with E-state index in [4.69, 9.17) is 16.4 Å². The number of hydrogen-bond donors (Lipinski definition) is 1. The summed E-state index contributed by atoms with van der Waals surface area (Å²) in [5, 5.41) is 2.75. The van der Waals surface area contributed by atoms with E-state index in [-0.39, 0.29) is 11.8 Å². The van der Waals surface area contributed by atoms with Crippen molar-refractivity contribution in [1.82, 2.24) is 5.32 Å². The van der Waals surface area contributed by atoms with Crippen LogP contribution in [-0.4, -0.2) is 32.7 Å². The molecule has 5 heteroatoms. The van der Waals surface area contributed by atoms with Gasteiger partial charge in [0.15, 0.2) is 0 Å². The van der Waals surface area contributed by atoms with Crippen molar-refractivity contribution in [3.63, 3.8) is 0 Å². The fourth-order valence-electron chi connectivity index (χ4n) is 1.34. The van der Waals surface area contributed by atoms with Crippen LogP contribution in [0.15, 0.2) is 24.3 Å². The zero-order chi connectivity index (χ0) is 15.3. The summed E-state index contributed by atoms with van der Waals surface area (Å²) in [6, 6.07) is 7.93. The van der Waals surface area contributed by atoms with Gasteiger partial charge < -0.3 is 15.0 Å². The lowest BCUT2D eigenvalue weighted by Gasteiger charge is -2.17. The second kappa shape index (κ2) is 12.9. The highest BCUT2D eigenvalue weighted by molar-refractivity contribution is 6.27. The molecule has 0 aliphatic rings. The van der Waals surface area contributed by atoms with Crippen molar-refractivity contribution in [2.24, 2.45) is 0 Å². The molecular formula is C14H23ClN2O2. The summed E-state index contributed by atoms with van der Waals surface area (Å²) in [6.45, 7) is 6.51. The molecule has 0 saturated carbocycles. The Kier molecular flexibility index (Phi) is 13.4. The van der Waals surface area contributed by atoms with Gasteiger partial charge in [-0.2, -0.15) is 0 Å². The number of amides is 1. The van der Waals surface area contributed by atoms with Crippen molar-refractivity contribution >= 4 is 30.0 Å². The van der Waals surface area contributed by atoms with Gasteiger partial charge in [-0.1, -0.05) is 32.0 Å². The zero-order valence-corrected chi connectivity index (χ0v) is 12.8. The second-order valence-electron chi connectivity index (χ2n) is 3.43. The number of alkyl halides is 1. The highest BCUT2D eigenvalue weighted by Gasteiger charge is 2.04. The third-order valence-electron chi connectivity index (χ3n) is 2.07. The number of hydrogen-bond acceptors (Lipinski definition) is 3. The van der Waals surface area contributed by atoms with E-state index in [0.717, 1.165) is 11.3 Å². The molecule has 1 aromatic carbocycles. The third-order valence-corrected chi connectivity index (χ3v) is 2.31. The minimum atomic E-state index is -0.148. The van der Waals surface area contributed by atoms with E-state index in [1.807, 2.05) is 63.9 Å². The average molecular weight is 287 g/mol. The molecular weight excluding hydrogens is 264 g/mol. The fourth-order valence-corrected chi connectivity index (χ4v) is 1.43. The summed E-state index contributed by atoms with van der Waals surface area (Å²) in [4.78, 5) is 21.0. The van der Waals surface area contributed by atoms with Crippen LogP contribution in [0, 0.1) is 0 Å². The van der Waals surface area contributed by atoms with Crippen molar-refractivity contribution in [3.8, 4) is 0 Å². The van der Waals surface area contributed by atoms with E-state index in [1.165, 1.54) is 0 Å². The summed E-state index contributed by atoms with van der Waals surface area (Å²) in [7, 11) is 3.95. The summed E-state index contributed by atoms with van der Waals surface area (Å²) in [5.41, 5.74) is 2.19.